The number of fused-ring (bicyclic) bond motifs is 4. The molecule has 134 valence electrons. The van der Waals surface area contributed by atoms with Gasteiger partial charge in [-0.25, -0.2) is 0 Å². The van der Waals surface area contributed by atoms with Crippen LogP contribution in [0.4, 0.5) is 0 Å². The summed E-state index contributed by atoms with van der Waals surface area (Å²) in [5.74, 6) is 0.551. The van der Waals surface area contributed by atoms with Gasteiger partial charge in [0, 0.05) is 17.1 Å². The Morgan fingerprint density at radius 1 is 0.852 bits per heavy atom. The minimum Gasteiger partial charge on any atom is -0.256 e. The summed E-state index contributed by atoms with van der Waals surface area (Å²) in [7, 11) is 0. The Morgan fingerprint density at radius 3 is 2.52 bits per heavy atom. The number of benzene rings is 3. The van der Waals surface area contributed by atoms with E-state index >= 15 is 0 Å². The minimum absolute atomic E-state index is 0.551. The molecule has 0 bridgehead atoms. The molecule has 4 aromatic rings. The van der Waals surface area contributed by atoms with E-state index in [1.165, 1.54) is 63.1 Å². The molecule has 1 aromatic heterocycles. The molecule has 0 unspecified atom stereocenters. The van der Waals surface area contributed by atoms with Crippen LogP contribution in [0.25, 0.3) is 32.8 Å². The predicted octanol–water partition coefficient (Wildman–Crippen LogP) is 6.98. The maximum Gasteiger partial charge on any atom is 0.0780 e. The molecule has 1 nitrogen and oxygen atoms in total. The van der Waals surface area contributed by atoms with Crippen molar-refractivity contribution in [1.82, 2.24) is 4.98 Å². The molecule has 0 amide bonds. The highest BCUT2D eigenvalue weighted by Crippen LogP contribution is 2.37. The first-order valence-electron chi connectivity index (χ1n) is 10.1. The number of hydrogen-bond acceptors (Lipinski definition) is 1. The molecule has 5 rings (SSSR count). The molecular formula is C26H25N. The van der Waals surface area contributed by atoms with Crippen molar-refractivity contribution in [3.8, 4) is 11.3 Å². The van der Waals surface area contributed by atoms with Gasteiger partial charge < -0.3 is 0 Å². The van der Waals surface area contributed by atoms with Crippen LogP contribution < -0.4 is 0 Å². The maximum atomic E-state index is 4.83. The van der Waals surface area contributed by atoms with Gasteiger partial charge in [-0.2, -0.15) is 0 Å². The summed E-state index contributed by atoms with van der Waals surface area (Å²) >= 11 is 0. The standard InChI is InChI=1S/C26H25N/c1-16(2)25-15-19(14-18-7-5-8-21(18)25)26-24-11-10-20-17(3)6-4-9-22(20)23(24)12-13-27-26/h4,6,9-16H,5,7-8H2,1-3H3. The molecule has 0 saturated carbocycles. The van der Waals surface area contributed by atoms with Gasteiger partial charge in [0.05, 0.1) is 5.69 Å². The van der Waals surface area contributed by atoms with Crippen molar-refractivity contribution in [2.45, 2.75) is 46.0 Å². The lowest BCUT2D eigenvalue weighted by Crippen LogP contribution is -1.98. The number of nitrogens with zero attached hydrogens (tertiary/aromatic N) is 1. The van der Waals surface area contributed by atoms with Crippen molar-refractivity contribution in [2.24, 2.45) is 0 Å². The van der Waals surface area contributed by atoms with Crippen molar-refractivity contribution in [3.05, 3.63) is 77.0 Å². The largest absolute Gasteiger partial charge is 0.256 e. The number of pyridine rings is 1. The molecule has 27 heavy (non-hydrogen) atoms. The average Bonchev–Trinajstić information content (AvgIpc) is 3.15. The van der Waals surface area contributed by atoms with Crippen LogP contribution in [-0.4, -0.2) is 4.98 Å². The van der Waals surface area contributed by atoms with Gasteiger partial charge in [0.2, 0.25) is 0 Å². The predicted molar refractivity (Wildman–Crippen MR) is 116 cm³/mol. The van der Waals surface area contributed by atoms with Crippen LogP contribution in [0.5, 0.6) is 0 Å². The highest BCUT2D eigenvalue weighted by Gasteiger charge is 2.19. The lowest BCUT2D eigenvalue weighted by atomic mass is 9.90. The fourth-order valence-electron chi connectivity index (χ4n) is 4.80. The number of aryl methyl sites for hydroxylation is 2. The quantitative estimate of drug-likeness (QED) is 0.355. The lowest BCUT2D eigenvalue weighted by molar-refractivity contribution is 0.839. The Morgan fingerprint density at radius 2 is 1.67 bits per heavy atom. The molecule has 0 aliphatic heterocycles. The monoisotopic (exact) mass is 351 g/mol. The molecule has 0 radical (unpaired) electrons. The zero-order valence-corrected chi connectivity index (χ0v) is 16.3. The third kappa shape index (κ3) is 2.56. The molecule has 0 atom stereocenters. The topological polar surface area (TPSA) is 12.9 Å². The van der Waals surface area contributed by atoms with Gasteiger partial charge in [-0.05, 0) is 88.7 Å². The molecule has 1 aliphatic rings. The van der Waals surface area contributed by atoms with Gasteiger partial charge >= 0.3 is 0 Å². The Hall–Kier alpha value is -2.67. The van der Waals surface area contributed by atoms with E-state index < -0.39 is 0 Å². The average molecular weight is 351 g/mol. The van der Waals surface area contributed by atoms with E-state index in [9.17, 15) is 0 Å². The molecule has 0 spiro atoms. The highest BCUT2D eigenvalue weighted by atomic mass is 14.7. The van der Waals surface area contributed by atoms with Crippen molar-refractivity contribution in [1.29, 1.82) is 0 Å². The van der Waals surface area contributed by atoms with Crippen molar-refractivity contribution in [2.75, 3.05) is 0 Å². The minimum atomic E-state index is 0.551. The smallest absolute Gasteiger partial charge is 0.0780 e. The second kappa shape index (κ2) is 6.20. The molecule has 3 aromatic carbocycles. The molecule has 1 aliphatic carbocycles. The fourth-order valence-corrected chi connectivity index (χ4v) is 4.80. The first-order chi connectivity index (χ1) is 13.1. The van der Waals surface area contributed by atoms with E-state index in [0.717, 1.165) is 5.69 Å². The first kappa shape index (κ1) is 16.5. The molecule has 1 heterocycles. The van der Waals surface area contributed by atoms with E-state index in [4.69, 9.17) is 4.98 Å². The summed E-state index contributed by atoms with van der Waals surface area (Å²) in [5.41, 5.74) is 8.36. The van der Waals surface area contributed by atoms with Crippen LogP contribution in [0.2, 0.25) is 0 Å². The van der Waals surface area contributed by atoms with Gasteiger partial charge in [0.15, 0.2) is 0 Å². The first-order valence-corrected chi connectivity index (χ1v) is 10.1. The molecule has 0 saturated heterocycles. The summed E-state index contributed by atoms with van der Waals surface area (Å²) < 4.78 is 0. The summed E-state index contributed by atoms with van der Waals surface area (Å²) in [5, 5.41) is 5.21. The number of hydrogen-bond donors (Lipinski definition) is 0. The van der Waals surface area contributed by atoms with Gasteiger partial charge in [-0.15, -0.1) is 0 Å². The van der Waals surface area contributed by atoms with Crippen molar-refractivity contribution >= 4 is 21.5 Å². The molecule has 0 N–H and O–H groups in total. The second-order valence-corrected chi connectivity index (χ2v) is 8.20. The van der Waals surface area contributed by atoms with Crippen LogP contribution >= 0.6 is 0 Å². The zero-order valence-electron chi connectivity index (χ0n) is 16.3. The Bertz CT molecular complexity index is 1180. The maximum absolute atomic E-state index is 4.83. The molecular weight excluding hydrogens is 326 g/mol. The Balaban J connectivity index is 1.80. The summed E-state index contributed by atoms with van der Waals surface area (Å²) in [6.07, 6.45) is 5.69. The Kier molecular flexibility index (Phi) is 3.79. The second-order valence-electron chi connectivity index (χ2n) is 8.20. The van der Waals surface area contributed by atoms with Gasteiger partial charge in [-0.3, -0.25) is 4.98 Å². The Labute approximate surface area is 161 Å². The van der Waals surface area contributed by atoms with Gasteiger partial charge in [-0.1, -0.05) is 44.2 Å². The zero-order chi connectivity index (χ0) is 18.5. The summed E-state index contributed by atoms with van der Waals surface area (Å²) in [6, 6.07) is 18.1. The van der Waals surface area contributed by atoms with E-state index in [2.05, 4.69) is 69.3 Å². The lowest BCUT2D eigenvalue weighted by Gasteiger charge is -2.16. The van der Waals surface area contributed by atoms with E-state index in [-0.39, 0.29) is 0 Å². The third-order valence-electron chi connectivity index (χ3n) is 6.17. The van der Waals surface area contributed by atoms with Crippen molar-refractivity contribution < 1.29 is 0 Å². The van der Waals surface area contributed by atoms with Crippen molar-refractivity contribution in [3.63, 3.8) is 0 Å². The van der Waals surface area contributed by atoms with Crippen LogP contribution in [0, 0.1) is 6.92 Å². The van der Waals surface area contributed by atoms with Gasteiger partial charge in [0.25, 0.3) is 0 Å². The number of aromatic nitrogens is 1. The molecule has 1 heteroatoms. The van der Waals surface area contributed by atoms with E-state index in [0.29, 0.717) is 5.92 Å². The highest BCUT2D eigenvalue weighted by molar-refractivity contribution is 6.11. The van der Waals surface area contributed by atoms with Crippen LogP contribution in [0.15, 0.2) is 54.7 Å². The fraction of sp³-hybridized carbons (Fsp3) is 0.269. The summed E-state index contributed by atoms with van der Waals surface area (Å²) in [6.45, 7) is 6.81. The van der Waals surface area contributed by atoms with Crippen LogP contribution in [0.3, 0.4) is 0 Å². The normalized spacial score (nSPS) is 13.6. The summed E-state index contributed by atoms with van der Waals surface area (Å²) in [4.78, 5) is 4.83. The SMILES string of the molecule is Cc1cccc2c1ccc1c(-c3cc4c(c(C(C)C)c3)CCC4)nccc12. The third-order valence-corrected chi connectivity index (χ3v) is 6.17. The molecule has 0 fully saturated rings. The number of rotatable bonds is 2. The van der Waals surface area contributed by atoms with E-state index in [1.807, 2.05) is 6.20 Å². The van der Waals surface area contributed by atoms with Crippen LogP contribution in [0.1, 0.15) is 48.4 Å². The van der Waals surface area contributed by atoms with E-state index in [1.54, 1.807) is 5.56 Å². The van der Waals surface area contributed by atoms with Crippen LogP contribution in [-0.2, 0) is 12.8 Å². The van der Waals surface area contributed by atoms with Gasteiger partial charge in [0.1, 0.15) is 0 Å².